The van der Waals surface area contributed by atoms with Crippen LogP contribution >= 0.6 is 15.9 Å². The average Bonchev–Trinajstić information content (AvgIpc) is 3.30. The number of fused-ring (bicyclic) bond motifs is 1. The molecular weight excluding hydrogens is 728 g/mol. The average molecular weight is 782 g/mol. The van der Waals surface area contributed by atoms with Crippen LogP contribution in [-0.4, -0.2) is 131 Å². The first-order valence-corrected chi connectivity index (χ1v) is 19.5. The van der Waals surface area contributed by atoms with Crippen LogP contribution in [-0.2, 0) is 27.1 Å². The van der Waals surface area contributed by atoms with Gasteiger partial charge in [-0.15, -0.1) is 0 Å². The van der Waals surface area contributed by atoms with Gasteiger partial charge in [0.05, 0.1) is 0 Å². The van der Waals surface area contributed by atoms with Gasteiger partial charge in [0, 0.05) is 87.6 Å². The quantitative estimate of drug-likeness (QED) is 0.388. The van der Waals surface area contributed by atoms with Gasteiger partial charge in [0.1, 0.15) is 5.60 Å². The lowest BCUT2D eigenvalue weighted by Crippen LogP contribution is -2.56. The molecule has 0 bridgehead atoms. The number of nitrogens with zero attached hydrogens (tertiary/aromatic N) is 5. The van der Waals surface area contributed by atoms with Crippen molar-refractivity contribution >= 4 is 45.7 Å². The molecule has 4 aliphatic heterocycles. The number of aryl methyl sites for hydroxylation is 1. The van der Waals surface area contributed by atoms with E-state index < -0.39 is 17.8 Å². The molecule has 0 radical (unpaired) electrons. The van der Waals surface area contributed by atoms with Gasteiger partial charge in [-0.25, -0.2) is 14.4 Å². The Morgan fingerprint density at radius 1 is 0.827 bits per heavy atom. The van der Waals surface area contributed by atoms with Crippen LogP contribution < -0.4 is 5.32 Å². The van der Waals surface area contributed by atoms with E-state index in [4.69, 9.17) is 9.47 Å². The minimum atomic E-state index is -0.955. The lowest BCUT2D eigenvalue weighted by Gasteiger charge is -2.43. The van der Waals surface area contributed by atoms with E-state index in [0.29, 0.717) is 64.7 Å². The van der Waals surface area contributed by atoms with Crippen LogP contribution in [0.3, 0.4) is 0 Å². The number of urea groups is 1. The summed E-state index contributed by atoms with van der Waals surface area (Å²) in [5.74, 6) is -0.172. The first-order valence-electron chi connectivity index (χ1n) is 18.7. The molecule has 1 unspecified atom stereocenters. The van der Waals surface area contributed by atoms with E-state index in [1.165, 1.54) is 0 Å². The summed E-state index contributed by atoms with van der Waals surface area (Å²) in [6.45, 7) is 13.1. The molecule has 0 aromatic heterocycles. The van der Waals surface area contributed by atoms with Crippen LogP contribution in [0.5, 0.6) is 0 Å². The molecule has 52 heavy (non-hydrogen) atoms. The molecule has 0 spiro atoms. The van der Waals surface area contributed by atoms with E-state index in [9.17, 15) is 19.2 Å². The topological polar surface area (TPSA) is 115 Å². The zero-order chi connectivity index (χ0) is 37.0. The Balaban J connectivity index is 1.03. The van der Waals surface area contributed by atoms with E-state index in [1.807, 2.05) is 80.0 Å². The molecule has 2 aromatic rings. The summed E-state index contributed by atoms with van der Waals surface area (Å²) in [5, 5.41) is 3.05. The Morgan fingerprint density at radius 3 is 2.13 bits per heavy atom. The number of benzene rings is 2. The molecule has 5 amide bonds. The van der Waals surface area contributed by atoms with Crippen molar-refractivity contribution in [3.8, 4) is 0 Å². The number of amides is 5. The number of anilines is 1. The van der Waals surface area contributed by atoms with Gasteiger partial charge in [-0.3, -0.25) is 9.69 Å². The highest BCUT2D eigenvalue weighted by Crippen LogP contribution is 2.27. The van der Waals surface area contributed by atoms with Crippen molar-refractivity contribution in [3.63, 3.8) is 0 Å². The molecular formula is C39H53BrN6O6. The third kappa shape index (κ3) is 9.38. The third-order valence-corrected chi connectivity index (χ3v) is 11.6. The molecule has 2 aromatic carbocycles. The zero-order valence-electron chi connectivity index (χ0n) is 30.9. The summed E-state index contributed by atoms with van der Waals surface area (Å²) in [7, 11) is 0. The van der Waals surface area contributed by atoms with Crippen LogP contribution in [0.1, 0.15) is 63.1 Å². The molecule has 4 heterocycles. The fraction of sp³-hybridized carbons (Fsp3) is 0.590. The van der Waals surface area contributed by atoms with E-state index in [-0.39, 0.29) is 30.5 Å². The Labute approximate surface area is 315 Å². The minimum absolute atomic E-state index is 0.0160. The number of piperazine rings is 1. The van der Waals surface area contributed by atoms with Gasteiger partial charge in [0.15, 0.2) is 6.10 Å². The number of carbonyl (C=O) groups excluding carboxylic acids is 4. The van der Waals surface area contributed by atoms with Gasteiger partial charge in [-0.1, -0.05) is 46.3 Å². The summed E-state index contributed by atoms with van der Waals surface area (Å²) in [4.78, 5) is 63.0. The first kappa shape index (κ1) is 37.9. The summed E-state index contributed by atoms with van der Waals surface area (Å²) in [6, 6.07) is 14.1. The van der Waals surface area contributed by atoms with Gasteiger partial charge >= 0.3 is 18.2 Å². The monoisotopic (exact) mass is 780 g/mol. The largest absolute Gasteiger partial charge is 0.444 e. The highest BCUT2D eigenvalue weighted by Gasteiger charge is 2.37. The Bertz CT molecular complexity index is 1610. The lowest BCUT2D eigenvalue weighted by atomic mass is 10.00. The SMILES string of the molecule is Cc1ccc(CC(OC(=O)N2CCC(N3CCc4ccccc4NC3=O)CC2)C(=O)N2CCC(N3CCN(C(=O)OC(C)(C)C)CC3)CC2)cc1Br. The van der Waals surface area contributed by atoms with Crippen LogP contribution in [0.25, 0.3) is 0 Å². The smallest absolute Gasteiger partial charge is 0.410 e. The maximum atomic E-state index is 14.1. The van der Waals surface area contributed by atoms with Gasteiger partial charge in [0.2, 0.25) is 0 Å². The molecule has 12 nitrogen and oxygen atoms in total. The number of para-hydroxylation sites is 1. The van der Waals surface area contributed by atoms with Crippen molar-refractivity contribution in [1.82, 2.24) is 24.5 Å². The second-order valence-corrected chi connectivity index (χ2v) is 16.3. The maximum Gasteiger partial charge on any atom is 0.410 e. The minimum Gasteiger partial charge on any atom is -0.444 e. The van der Waals surface area contributed by atoms with E-state index in [1.54, 1.807) is 9.80 Å². The van der Waals surface area contributed by atoms with Crippen molar-refractivity contribution in [2.24, 2.45) is 0 Å². The zero-order valence-corrected chi connectivity index (χ0v) is 32.5. The van der Waals surface area contributed by atoms with Crippen LogP contribution in [0.15, 0.2) is 46.9 Å². The van der Waals surface area contributed by atoms with E-state index in [2.05, 4.69) is 26.1 Å². The number of piperidine rings is 2. The van der Waals surface area contributed by atoms with Crippen LogP contribution in [0.4, 0.5) is 20.1 Å². The normalized spacial score (nSPS) is 20.1. The Morgan fingerprint density at radius 2 is 1.46 bits per heavy atom. The Hall–Kier alpha value is -3.84. The van der Waals surface area contributed by atoms with Gasteiger partial charge in [-0.2, -0.15) is 0 Å². The van der Waals surface area contributed by atoms with E-state index in [0.717, 1.165) is 59.2 Å². The fourth-order valence-corrected chi connectivity index (χ4v) is 8.13. The Kier molecular flexibility index (Phi) is 12.0. The third-order valence-electron chi connectivity index (χ3n) is 10.7. The first-order chi connectivity index (χ1) is 24.8. The maximum absolute atomic E-state index is 14.1. The highest BCUT2D eigenvalue weighted by molar-refractivity contribution is 9.10. The number of likely N-dealkylation sites (tertiary alicyclic amines) is 2. The van der Waals surface area contributed by atoms with Gasteiger partial charge in [0.25, 0.3) is 5.91 Å². The number of nitrogens with one attached hydrogen (secondary N) is 1. The molecule has 0 aliphatic carbocycles. The van der Waals surface area contributed by atoms with Gasteiger partial charge < -0.3 is 34.4 Å². The standard InChI is InChI=1S/C39H53BrN6O6/c1-27-9-10-28(25-32(27)40)26-34(35(47)43-16-12-30(13-17-43)42-21-23-45(24-22-42)38(50)52-39(2,3)4)51-37(49)44-18-14-31(15-19-44)46-20-11-29-7-5-6-8-33(29)41-36(46)48/h5-10,25,30-31,34H,11-24,26H2,1-4H3,(H,41,48). The number of rotatable bonds is 6. The van der Waals surface area contributed by atoms with Crippen molar-refractivity contribution in [2.75, 3.05) is 64.2 Å². The second kappa shape index (κ2) is 16.4. The highest BCUT2D eigenvalue weighted by atomic mass is 79.9. The summed E-state index contributed by atoms with van der Waals surface area (Å²) in [5.41, 5.74) is 3.45. The van der Waals surface area contributed by atoms with Gasteiger partial charge in [-0.05, 0) is 88.6 Å². The molecule has 0 saturated carbocycles. The van der Waals surface area contributed by atoms with Crippen molar-refractivity contribution in [2.45, 2.75) is 90.0 Å². The van der Waals surface area contributed by atoms with Crippen molar-refractivity contribution < 1.29 is 28.7 Å². The summed E-state index contributed by atoms with van der Waals surface area (Å²) >= 11 is 3.61. The van der Waals surface area contributed by atoms with Crippen LogP contribution in [0, 0.1) is 6.92 Å². The van der Waals surface area contributed by atoms with Crippen LogP contribution in [0.2, 0.25) is 0 Å². The molecule has 4 aliphatic rings. The van der Waals surface area contributed by atoms with Crippen molar-refractivity contribution in [3.05, 3.63) is 63.6 Å². The lowest BCUT2D eigenvalue weighted by molar-refractivity contribution is -0.142. The number of halogens is 1. The molecule has 1 N–H and O–H groups in total. The molecule has 6 rings (SSSR count). The molecule has 3 saturated heterocycles. The van der Waals surface area contributed by atoms with E-state index >= 15 is 0 Å². The summed E-state index contributed by atoms with van der Waals surface area (Å²) in [6.07, 6.45) is 2.25. The fourth-order valence-electron chi connectivity index (χ4n) is 7.70. The molecule has 3 fully saturated rings. The predicted octanol–water partition coefficient (Wildman–Crippen LogP) is 5.90. The molecule has 13 heteroatoms. The molecule has 282 valence electrons. The number of hydrogen-bond donors (Lipinski definition) is 1. The second-order valence-electron chi connectivity index (χ2n) is 15.5. The number of hydrogen-bond acceptors (Lipinski definition) is 7. The molecule has 1 atom stereocenters. The summed E-state index contributed by atoms with van der Waals surface area (Å²) < 4.78 is 12.6. The number of ether oxygens (including phenoxy) is 2. The van der Waals surface area contributed by atoms with Crippen molar-refractivity contribution in [1.29, 1.82) is 0 Å². The predicted molar refractivity (Wildman–Crippen MR) is 202 cm³/mol. The number of carbonyl (C=O) groups is 4.